The van der Waals surface area contributed by atoms with Crippen LogP contribution >= 0.6 is 0 Å². The molecule has 0 saturated carbocycles. The van der Waals surface area contributed by atoms with Gasteiger partial charge in [-0.1, -0.05) is 0 Å². The predicted molar refractivity (Wildman–Crippen MR) is 64.4 cm³/mol. The first kappa shape index (κ1) is 14.0. The highest BCUT2D eigenvalue weighted by molar-refractivity contribution is 7.91. The molecule has 0 aliphatic heterocycles. The third-order valence-corrected chi connectivity index (χ3v) is 3.99. The lowest BCUT2D eigenvalue weighted by Gasteiger charge is -2.06. The number of sulfone groups is 1. The summed E-state index contributed by atoms with van der Waals surface area (Å²) < 4.78 is 28.9. The Morgan fingerprint density at radius 2 is 1.88 bits per heavy atom. The van der Waals surface area contributed by atoms with Crippen LogP contribution < -0.4 is 10.6 Å². The minimum atomic E-state index is -3.26. The summed E-state index contributed by atoms with van der Waals surface area (Å²) in [6.07, 6.45) is 0.381. The van der Waals surface area contributed by atoms with Crippen molar-refractivity contribution >= 4 is 9.84 Å². The molecule has 0 amide bonds. The van der Waals surface area contributed by atoms with E-state index >= 15 is 0 Å². The Morgan fingerprint density at radius 3 is 2.41 bits per heavy atom. The lowest BCUT2D eigenvalue weighted by Crippen LogP contribution is -2.11. The minimum Gasteiger partial charge on any atom is -0.494 e. The average Bonchev–Trinajstić information content (AvgIpc) is 2.30. The summed E-state index contributed by atoms with van der Waals surface area (Å²) >= 11 is 0. The number of nitrogens with two attached hydrogens (primary N) is 1. The second kappa shape index (κ2) is 6.58. The Morgan fingerprint density at radius 1 is 1.24 bits per heavy atom. The molecule has 0 heterocycles. The molecule has 6 heteroatoms. The Balaban J connectivity index is 2.71. The SMILES string of the molecule is CCOc1ccc(S(=O)(=O)CCCON)cc1. The van der Waals surface area contributed by atoms with Crippen molar-refractivity contribution in [3.63, 3.8) is 0 Å². The first-order valence-corrected chi connectivity index (χ1v) is 7.02. The number of hydrogen-bond acceptors (Lipinski definition) is 5. The first-order chi connectivity index (χ1) is 8.10. The number of hydrogen-bond donors (Lipinski definition) is 1. The van der Waals surface area contributed by atoms with Crippen molar-refractivity contribution in [2.24, 2.45) is 5.90 Å². The van der Waals surface area contributed by atoms with E-state index in [0.717, 1.165) is 0 Å². The Hall–Kier alpha value is -1.11. The van der Waals surface area contributed by atoms with Crippen molar-refractivity contribution in [2.45, 2.75) is 18.2 Å². The maximum Gasteiger partial charge on any atom is 0.178 e. The van der Waals surface area contributed by atoms with Crippen LogP contribution in [0, 0.1) is 0 Å². The van der Waals surface area contributed by atoms with E-state index in [2.05, 4.69) is 4.84 Å². The van der Waals surface area contributed by atoms with Crippen LogP contribution in [0.4, 0.5) is 0 Å². The zero-order valence-corrected chi connectivity index (χ0v) is 10.6. The Kier molecular flexibility index (Phi) is 5.40. The Bertz CT molecular complexity index is 427. The molecule has 2 N–H and O–H groups in total. The summed E-state index contributed by atoms with van der Waals surface area (Å²) in [6.45, 7) is 2.66. The molecular weight excluding hydrogens is 242 g/mol. The molecule has 0 saturated heterocycles. The molecule has 96 valence electrons. The molecule has 0 unspecified atom stereocenters. The largest absolute Gasteiger partial charge is 0.494 e. The number of rotatable bonds is 7. The summed E-state index contributed by atoms with van der Waals surface area (Å²) in [5.41, 5.74) is 0. The maximum absolute atomic E-state index is 11.8. The molecule has 0 aliphatic rings. The van der Waals surface area contributed by atoms with Gasteiger partial charge in [0, 0.05) is 0 Å². The van der Waals surface area contributed by atoms with Gasteiger partial charge in [0.05, 0.1) is 23.9 Å². The van der Waals surface area contributed by atoms with Crippen LogP contribution in [0.1, 0.15) is 13.3 Å². The van der Waals surface area contributed by atoms with E-state index in [0.29, 0.717) is 18.8 Å². The van der Waals surface area contributed by atoms with E-state index in [9.17, 15) is 8.42 Å². The third-order valence-electron chi connectivity index (χ3n) is 2.17. The van der Waals surface area contributed by atoms with E-state index in [1.54, 1.807) is 24.3 Å². The lowest BCUT2D eigenvalue weighted by molar-refractivity contribution is 0.139. The summed E-state index contributed by atoms with van der Waals surface area (Å²) in [5, 5.41) is 0. The second-order valence-electron chi connectivity index (χ2n) is 3.45. The van der Waals surface area contributed by atoms with Gasteiger partial charge in [0.2, 0.25) is 0 Å². The molecule has 0 aliphatic carbocycles. The van der Waals surface area contributed by atoms with Crippen molar-refractivity contribution in [3.8, 4) is 5.75 Å². The monoisotopic (exact) mass is 259 g/mol. The van der Waals surface area contributed by atoms with Crippen LogP contribution in [-0.2, 0) is 14.7 Å². The van der Waals surface area contributed by atoms with Crippen LogP contribution in [0.2, 0.25) is 0 Å². The highest BCUT2D eigenvalue weighted by atomic mass is 32.2. The number of ether oxygens (including phenoxy) is 1. The van der Waals surface area contributed by atoms with Gasteiger partial charge in [0.1, 0.15) is 5.75 Å². The van der Waals surface area contributed by atoms with Crippen LogP contribution in [0.25, 0.3) is 0 Å². The van der Waals surface area contributed by atoms with Gasteiger partial charge in [-0.15, -0.1) is 0 Å². The molecule has 1 aromatic carbocycles. The van der Waals surface area contributed by atoms with Gasteiger partial charge in [-0.05, 0) is 37.6 Å². The Labute approximate surface area is 101 Å². The molecule has 17 heavy (non-hydrogen) atoms. The standard InChI is InChI=1S/C11H17NO4S/c1-2-15-10-4-6-11(7-5-10)17(13,14)9-3-8-16-12/h4-7H,2-3,8-9,12H2,1H3. The van der Waals surface area contributed by atoms with Crippen molar-refractivity contribution in [1.82, 2.24) is 0 Å². The molecule has 0 bridgehead atoms. The fourth-order valence-electron chi connectivity index (χ4n) is 1.36. The zero-order valence-electron chi connectivity index (χ0n) is 9.76. The highest BCUT2D eigenvalue weighted by Crippen LogP contribution is 2.17. The summed E-state index contributed by atoms with van der Waals surface area (Å²) in [7, 11) is -3.26. The molecule has 5 nitrogen and oxygen atoms in total. The van der Waals surface area contributed by atoms with E-state index in [-0.39, 0.29) is 17.3 Å². The van der Waals surface area contributed by atoms with E-state index in [1.807, 2.05) is 6.92 Å². The maximum atomic E-state index is 11.8. The average molecular weight is 259 g/mol. The van der Waals surface area contributed by atoms with Crippen molar-refractivity contribution in [3.05, 3.63) is 24.3 Å². The molecule has 0 aromatic heterocycles. The van der Waals surface area contributed by atoms with E-state index in [1.165, 1.54) is 0 Å². The summed E-state index contributed by atoms with van der Waals surface area (Å²) in [5.74, 6) is 5.53. The van der Waals surface area contributed by atoms with Gasteiger partial charge in [0.25, 0.3) is 0 Å². The third kappa shape index (κ3) is 4.33. The van der Waals surface area contributed by atoms with Crippen LogP contribution in [0.3, 0.4) is 0 Å². The van der Waals surface area contributed by atoms with Crippen molar-refractivity contribution in [2.75, 3.05) is 19.0 Å². The van der Waals surface area contributed by atoms with E-state index < -0.39 is 9.84 Å². The molecule has 0 spiro atoms. The molecule has 0 radical (unpaired) electrons. The molecule has 0 fully saturated rings. The normalized spacial score (nSPS) is 11.4. The van der Waals surface area contributed by atoms with Gasteiger partial charge in [-0.2, -0.15) is 0 Å². The van der Waals surface area contributed by atoms with Gasteiger partial charge >= 0.3 is 0 Å². The van der Waals surface area contributed by atoms with Crippen LogP contribution in [-0.4, -0.2) is 27.4 Å². The fourth-order valence-corrected chi connectivity index (χ4v) is 2.64. The van der Waals surface area contributed by atoms with Gasteiger partial charge < -0.3 is 9.57 Å². The predicted octanol–water partition coefficient (Wildman–Crippen LogP) is 1.14. The van der Waals surface area contributed by atoms with Crippen LogP contribution in [0.15, 0.2) is 29.2 Å². The molecule has 1 aromatic rings. The summed E-state index contributed by atoms with van der Waals surface area (Å²) in [4.78, 5) is 4.63. The lowest BCUT2D eigenvalue weighted by atomic mass is 10.3. The topological polar surface area (TPSA) is 78.6 Å². The summed E-state index contributed by atoms with van der Waals surface area (Å²) in [6, 6.07) is 6.39. The fraction of sp³-hybridized carbons (Fsp3) is 0.455. The number of benzene rings is 1. The van der Waals surface area contributed by atoms with Crippen LogP contribution in [0.5, 0.6) is 5.75 Å². The van der Waals surface area contributed by atoms with Crippen molar-refractivity contribution < 1.29 is 18.0 Å². The molecular formula is C11H17NO4S. The quantitative estimate of drug-likeness (QED) is 0.587. The van der Waals surface area contributed by atoms with E-state index in [4.69, 9.17) is 10.6 Å². The smallest absolute Gasteiger partial charge is 0.178 e. The first-order valence-electron chi connectivity index (χ1n) is 5.37. The van der Waals surface area contributed by atoms with Gasteiger partial charge in [0.15, 0.2) is 9.84 Å². The zero-order chi connectivity index (χ0) is 12.7. The second-order valence-corrected chi connectivity index (χ2v) is 5.56. The molecule has 1 rings (SSSR count). The minimum absolute atomic E-state index is 0.0260. The van der Waals surface area contributed by atoms with Crippen molar-refractivity contribution in [1.29, 1.82) is 0 Å². The van der Waals surface area contributed by atoms with Gasteiger partial charge in [-0.25, -0.2) is 14.3 Å². The molecule has 0 atom stereocenters. The highest BCUT2D eigenvalue weighted by Gasteiger charge is 2.13. The van der Waals surface area contributed by atoms with Gasteiger partial charge in [-0.3, -0.25) is 0 Å².